The Morgan fingerprint density at radius 2 is 1.66 bits per heavy atom. The summed E-state index contributed by atoms with van der Waals surface area (Å²) in [4.78, 5) is 23.9. The highest BCUT2D eigenvalue weighted by Crippen LogP contribution is 2.36. The second-order valence-corrected chi connectivity index (χ2v) is 7.32. The first kappa shape index (κ1) is 21.2. The Morgan fingerprint density at radius 3 is 2.31 bits per heavy atom. The third kappa shape index (κ3) is 4.34. The van der Waals surface area contributed by atoms with Crippen molar-refractivity contribution in [1.29, 1.82) is 0 Å². The second-order valence-electron chi connectivity index (χ2n) is 7.32. The lowest BCUT2D eigenvalue weighted by Gasteiger charge is -2.14. The second kappa shape index (κ2) is 8.98. The number of fused-ring (bicyclic) bond motifs is 1. The molecule has 32 heavy (non-hydrogen) atoms. The Morgan fingerprint density at radius 1 is 0.938 bits per heavy atom. The van der Waals surface area contributed by atoms with Gasteiger partial charge in [-0.05, 0) is 60.0 Å². The van der Waals surface area contributed by atoms with E-state index in [9.17, 15) is 9.59 Å². The lowest BCUT2D eigenvalue weighted by atomic mass is 10.00. The van der Waals surface area contributed by atoms with Crippen LogP contribution < -0.4 is 15.1 Å². The molecular weight excluding hydrogens is 408 g/mol. The summed E-state index contributed by atoms with van der Waals surface area (Å²) in [5.41, 5.74) is 3.85. The molecule has 0 aliphatic heterocycles. The van der Waals surface area contributed by atoms with Crippen molar-refractivity contribution in [3.05, 3.63) is 93.8 Å². The summed E-state index contributed by atoms with van der Waals surface area (Å²) in [5, 5.41) is 0.714. The molecule has 0 radical (unpaired) electrons. The Hall–Kier alpha value is -4.06. The van der Waals surface area contributed by atoms with Crippen LogP contribution in [0.4, 0.5) is 0 Å². The fraction of sp³-hybridized carbons (Fsp3) is 0.154. The molecule has 4 aromatic rings. The number of carbonyl (C=O) groups excluding carboxylic acids is 1. The molecule has 1 heterocycles. The Bertz CT molecular complexity index is 1320. The molecule has 0 bridgehead atoms. The minimum Gasteiger partial charge on any atom is -0.497 e. The van der Waals surface area contributed by atoms with Crippen molar-refractivity contribution in [2.75, 3.05) is 14.2 Å². The number of ether oxygens (including phenoxy) is 3. The molecule has 0 saturated carbocycles. The average Bonchev–Trinajstić information content (AvgIpc) is 2.81. The number of hydrogen-bond donors (Lipinski definition) is 0. The highest BCUT2D eigenvalue weighted by atomic mass is 16.5. The van der Waals surface area contributed by atoms with E-state index in [4.69, 9.17) is 18.6 Å². The minimum atomic E-state index is -0.432. The molecule has 4 rings (SSSR count). The van der Waals surface area contributed by atoms with Crippen LogP contribution in [0.1, 0.15) is 21.5 Å². The van der Waals surface area contributed by atoms with Crippen molar-refractivity contribution in [3.63, 3.8) is 0 Å². The Balaban J connectivity index is 1.73. The number of esters is 1. The Kier molecular flexibility index (Phi) is 5.94. The summed E-state index contributed by atoms with van der Waals surface area (Å²) in [6.07, 6.45) is 0. The average molecular weight is 430 g/mol. The quantitative estimate of drug-likeness (QED) is 0.311. The maximum atomic E-state index is 12.2. The largest absolute Gasteiger partial charge is 0.497 e. The molecular formula is C26H22O6. The van der Waals surface area contributed by atoms with Crippen molar-refractivity contribution in [1.82, 2.24) is 0 Å². The Labute approximate surface area is 185 Å². The van der Waals surface area contributed by atoms with Gasteiger partial charge in [-0.15, -0.1) is 0 Å². The number of aryl methyl sites for hydroxylation is 1. The normalized spacial score (nSPS) is 10.7. The van der Waals surface area contributed by atoms with E-state index in [0.29, 0.717) is 22.3 Å². The van der Waals surface area contributed by atoms with Crippen LogP contribution in [0.25, 0.3) is 22.1 Å². The van der Waals surface area contributed by atoms with E-state index < -0.39 is 5.63 Å². The van der Waals surface area contributed by atoms with Gasteiger partial charge in [0.1, 0.15) is 23.7 Å². The fourth-order valence-corrected chi connectivity index (χ4v) is 3.52. The standard InChI is InChI=1S/C26H22O6/c1-16-12-22(31-15-17-4-6-19(7-5-17)26(28)30-3)25-21(14-24(27)32-23(25)13-16)18-8-10-20(29-2)11-9-18/h4-14H,15H2,1-3H3. The van der Waals surface area contributed by atoms with Gasteiger partial charge in [0.2, 0.25) is 0 Å². The van der Waals surface area contributed by atoms with E-state index in [1.54, 1.807) is 19.2 Å². The van der Waals surface area contributed by atoms with Crippen LogP contribution >= 0.6 is 0 Å². The fourth-order valence-electron chi connectivity index (χ4n) is 3.52. The summed E-state index contributed by atoms with van der Waals surface area (Å²) in [6, 6.07) is 19.7. The molecule has 0 aliphatic carbocycles. The molecule has 1 aromatic heterocycles. The molecule has 162 valence electrons. The van der Waals surface area contributed by atoms with E-state index in [1.807, 2.05) is 55.5 Å². The number of hydrogen-bond acceptors (Lipinski definition) is 6. The van der Waals surface area contributed by atoms with Gasteiger partial charge in [0.25, 0.3) is 0 Å². The molecule has 0 N–H and O–H groups in total. The SMILES string of the molecule is COC(=O)c1ccc(COc2cc(C)cc3oc(=O)cc(-c4ccc(OC)cc4)c23)cc1. The van der Waals surface area contributed by atoms with Gasteiger partial charge in [-0.3, -0.25) is 0 Å². The number of methoxy groups -OCH3 is 2. The predicted molar refractivity (Wildman–Crippen MR) is 121 cm³/mol. The van der Waals surface area contributed by atoms with E-state index in [1.165, 1.54) is 13.2 Å². The van der Waals surface area contributed by atoms with E-state index in [2.05, 4.69) is 0 Å². The highest BCUT2D eigenvalue weighted by molar-refractivity contribution is 5.98. The van der Waals surface area contributed by atoms with Gasteiger partial charge < -0.3 is 18.6 Å². The van der Waals surface area contributed by atoms with Crippen molar-refractivity contribution in [2.24, 2.45) is 0 Å². The summed E-state index contributed by atoms with van der Waals surface area (Å²) in [7, 11) is 2.95. The maximum Gasteiger partial charge on any atom is 0.337 e. The van der Waals surface area contributed by atoms with Gasteiger partial charge in [-0.25, -0.2) is 9.59 Å². The van der Waals surface area contributed by atoms with Crippen molar-refractivity contribution >= 4 is 16.9 Å². The number of carbonyl (C=O) groups is 1. The van der Waals surface area contributed by atoms with Crippen LogP contribution in [0.5, 0.6) is 11.5 Å². The van der Waals surface area contributed by atoms with Gasteiger partial charge in [0.05, 0.1) is 25.2 Å². The molecule has 0 amide bonds. The van der Waals surface area contributed by atoms with Crippen molar-refractivity contribution < 1.29 is 23.4 Å². The molecule has 0 aliphatic rings. The predicted octanol–water partition coefficient (Wildman–Crippen LogP) is 5.14. The maximum absolute atomic E-state index is 12.2. The zero-order chi connectivity index (χ0) is 22.7. The first-order chi connectivity index (χ1) is 15.5. The topological polar surface area (TPSA) is 75.0 Å². The number of benzene rings is 3. The molecule has 3 aromatic carbocycles. The van der Waals surface area contributed by atoms with Crippen LogP contribution in [0.15, 0.2) is 75.9 Å². The molecule has 6 heteroatoms. The van der Waals surface area contributed by atoms with Gasteiger partial charge in [0.15, 0.2) is 0 Å². The van der Waals surface area contributed by atoms with Gasteiger partial charge in [-0.1, -0.05) is 24.3 Å². The monoisotopic (exact) mass is 430 g/mol. The number of rotatable bonds is 6. The van der Waals surface area contributed by atoms with E-state index >= 15 is 0 Å². The lowest BCUT2D eigenvalue weighted by molar-refractivity contribution is 0.0600. The van der Waals surface area contributed by atoms with Gasteiger partial charge >= 0.3 is 11.6 Å². The summed E-state index contributed by atoms with van der Waals surface area (Å²) in [5.74, 6) is 0.941. The zero-order valence-corrected chi connectivity index (χ0v) is 18.0. The van der Waals surface area contributed by atoms with Crippen LogP contribution in [-0.4, -0.2) is 20.2 Å². The van der Waals surface area contributed by atoms with Gasteiger partial charge in [0, 0.05) is 11.6 Å². The van der Waals surface area contributed by atoms with Crippen LogP contribution in [0, 0.1) is 6.92 Å². The zero-order valence-electron chi connectivity index (χ0n) is 18.0. The lowest BCUT2D eigenvalue weighted by Crippen LogP contribution is -2.03. The summed E-state index contributed by atoms with van der Waals surface area (Å²) >= 11 is 0. The molecule has 6 nitrogen and oxygen atoms in total. The summed E-state index contributed by atoms with van der Waals surface area (Å²) in [6.45, 7) is 2.19. The van der Waals surface area contributed by atoms with Gasteiger partial charge in [-0.2, -0.15) is 0 Å². The molecule has 0 saturated heterocycles. The summed E-state index contributed by atoms with van der Waals surface area (Å²) < 4.78 is 21.6. The van der Waals surface area contributed by atoms with Crippen molar-refractivity contribution in [2.45, 2.75) is 13.5 Å². The van der Waals surface area contributed by atoms with E-state index in [-0.39, 0.29) is 12.6 Å². The van der Waals surface area contributed by atoms with Crippen molar-refractivity contribution in [3.8, 4) is 22.6 Å². The molecule has 0 spiro atoms. The minimum absolute atomic E-state index is 0.279. The first-order valence-electron chi connectivity index (χ1n) is 10.0. The van der Waals surface area contributed by atoms with E-state index in [0.717, 1.165) is 28.0 Å². The molecule has 0 atom stereocenters. The third-order valence-electron chi connectivity index (χ3n) is 5.12. The molecule has 0 fully saturated rings. The van der Waals surface area contributed by atoms with Crippen LogP contribution in [-0.2, 0) is 11.3 Å². The molecule has 0 unspecified atom stereocenters. The van der Waals surface area contributed by atoms with Crippen LogP contribution in [0.2, 0.25) is 0 Å². The third-order valence-corrected chi connectivity index (χ3v) is 5.12. The first-order valence-corrected chi connectivity index (χ1v) is 10.0. The van der Waals surface area contributed by atoms with Crippen LogP contribution in [0.3, 0.4) is 0 Å². The highest BCUT2D eigenvalue weighted by Gasteiger charge is 2.15. The smallest absolute Gasteiger partial charge is 0.337 e.